The number of nitrogens with one attached hydrogen (secondary N) is 1. The highest BCUT2D eigenvalue weighted by Crippen LogP contribution is 2.27. The Bertz CT molecular complexity index is 481. The van der Waals surface area contributed by atoms with Gasteiger partial charge in [-0.2, -0.15) is 0 Å². The molecule has 1 saturated carbocycles. The number of hydrogen-bond donors (Lipinski definition) is 2. The Hall–Kier alpha value is -0.520. The first kappa shape index (κ1) is 15.9. The molecule has 2 rings (SSSR count). The third-order valence-corrected chi connectivity index (χ3v) is 5.47. The lowest BCUT2D eigenvalue weighted by atomic mass is 10.0. The van der Waals surface area contributed by atoms with Crippen LogP contribution >= 0.6 is 27.7 Å². The van der Waals surface area contributed by atoms with Crippen molar-refractivity contribution in [3.05, 3.63) is 28.2 Å². The van der Waals surface area contributed by atoms with Crippen LogP contribution in [0.15, 0.2) is 27.6 Å². The van der Waals surface area contributed by atoms with Gasteiger partial charge in [-0.15, -0.1) is 11.8 Å². The van der Waals surface area contributed by atoms with Gasteiger partial charge < -0.3 is 11.1 Å². The van der Waals surface area contributed by atoms with Crippen molar-refractivity contribution in [2.75, 3.05) is 12.3 Å². The van der Waals surface area contributed by atoms with Gasteiger partial charge in [0, 0.05) is 15.4 Å². The quantitative estimate of drug-likeness (QED) is 0.797. The van der Waals surface area contributed by atoms with Gasteiger partial charge in [0.05, 0.1) is 5.75 Å². The molecule has 0 radical (unpaired) electrons. The average Bonchev–Trinajstić information content (AvgIpc) is 2.85. The van der Waals surface area contributed by atoms with Crippen LogP contribution in [0.25, 0.3) is 0 Å². The Morgan fingerprint density at radius 3 is 3.00 bits per heavy atom. The van der Waals surface area contributed by atoms with E-state index in [4.69, 9.17) is 5.73 Å². The molecule has 110 valence electrons. The lowest BCUT2D eigenvalue weighted by Crippen LogP contribution is -2.40. The smallest absolute Gasteiger partial charge is 0.230 e. The van der Waals surface area contributed by atoms with E-state index in [1.54, 1.807) is 11.8 Å². The van der Waals surface area contributed by atoms with Crippen LogP contribution in [0.3, 0.4) is 0 Å². The maximum absolute atomic E-state index is 12.0. The molecule has 1 amide bonds. The molecule has 20 heavy (non-hydrogen) atoms. The highest BCUT2D eigenvalue weighted by molar-refractivity contribution is 9.10. The standard InChI is InChI=1S/C15H21BrN2OS/c1-10-7-12(16)5-6-14(10)20-9-15(19)18-13-4-2-3-11(13)8-17/h5-7,11,13H,2-4,8-9,17H2,1H3,(H,18,19). The minimum atomic E-state index is 0.114. The van der Waals surface area contributed by atoms with Gasteiger partial charge in [-0.1, -0.05) is 22.4 Å². The normalized spacial score (nSPS) is 21.9. The van der Waals surface area contributed by atoms with E-state index in [1.165, 1.54) is 12.0 Å². The fourth-order valence-electron chi connectivity index (χ4n) is 2.68. The molecule has 2 unspecified atom stereocenters. The summed E-state index contributed by atoms with van der Waals surface area (Å²) in [5, 5.41) is 3.13. The van der Waals surface area contributed by atoms with Crippen molar-refractivity contribution in [2.45, 2.75) is 37.1 Å². The van der Waals surface area contributed by atoms with Gasteiger partial charge in [0.2, 0.25) is 5.91 Å². The Balaban J connectivity index is 1.83. The molecule has 5 heteroatoms. The molecule has 3 N–H and O–H groups in total. The molecule has 2 atom stereocenters. The van der Waals surface area contributed by atoms with Gasteiger partial charge in [-0.05, 0) is 56.0 Å². The van der Waals surface area contributed by atoms with Crippen molar-refractivity contribution in [3.8, 4) is 0 Å². The summed E-state index contributed by atoms with van der Waals surface area (Å²) in [5.74, 6) is 1.04. The molecule has 0 spiro atoms. The number of aryl methyl sites for hydroxylation is 1. The summed E-state index contributed by atoms with van der Waals surface area (Å²) in [6.45, 7) is 2.73. The lowest BCUT2D eigenvalue weighted by Gasteiger charge is -2.19. The van der Waals surface area contributed by atoms with Crippen LogP contribution in [-0.2, 0) is 4.79 Å². The largest absolute Gasteiger partial charge is 0.352 e. The van der Waals surface area contributed by atoms with E-state index in [-0.39, 0.29) is 11.9 Å². The average molecular weight is 357 g/mol. The van der Waals surface area contributed by atoms with Crippen molar-refractivity contribution in [1.29, 1.82) is 0 Å². The van der Waals surface area contributed by atoms with Gasteiger partial charge in [0.15, 0.2) is 0 Å². The summed E-state index contributed by atoms with van der Waals surface area (Å²) in [5.41, 5.74) is 6.93. The molecule has 3 nitrogen and oxygen atoms in total. The van der Waals surface area contributed by atoms with Crippen LogP contribution in [0.4, 0.5) is 0 Å². The van der Waals surface area contributed by atoms with Gasteiger partial charge in [-0.25, -0.2) is 0 Å². The van der Waals surface area contributed by atoms with Crippen LogP contribution in [0.5, 0.6) is 0 Å². The number of amides is 1. The molecule has 1 aromatic rings. The number of hydrogen-bond acceptors (Lipinski definition) is 3. The Morgan fingerprint density at radius 2 is 2.30 bits per heavy atom. The van der Waals surface area contributed by atoms with Crippen LogP contribution in [0, 0.1) is 12.8 Å². The number of benzene rings is 1. The molecule has 0 heterocycles. The maximum atomic E-state index is 12.0. The van der Waals surface area contributed by atoms with Crippen LogP contribution < -0.4 is 11.1 Å². The molecule has 1 aromatic carbocycles. The van der Waals surface area contributed by atoms with Gasteiger partial charge in [-0.3, -0.25) is 4.79 Å². The summed E-state index contributed by atoms with van der Waals surface area (Å²) >= 11 is 5.04. The van der Waals surface area contributed by atoms with E-state index in [2.05, 4.69) is 40.3 Å². The minimum Gasteiger partial charge on any atom is -0.352 e. The van der Waals surface area contributed by atoms with Crippen LogP contribution in [0.2, 0.25) is 0 Å². The molecule has 0 aliphatic heterocycles. The summed E-state index contributed by atoms with van der Waals surface area (Å²) in [6, 6.07) is 6.41. The van der Waals surface area contributed by atoms with E-state index in [1.807, 2.05) is 6.07 Å². The van der Waals surface area contributed by atoms with Crippen molar-refractivity contribution in [3.63, 3.8) is 0 Å². The maximum Gasteiger partial charge on any atom is 0.230 e. The zero-order valence-electron chi connectivity index (χ0n) is 11.7. The highest BCUT2D eigenvalue weighted by Gasteiger charge is 2.27. The van der Waals surface area contributed by atoms with Crippen molar-refractivity contribution in [2.24, 2.45) is 11.7 Å². The molecule has 0 bridgehead atoms. The van der Waals surface area contributed by atoms with Crippen molar-refractivity contribution in [1.82, 2.24) is 5.32 Å². The summed E-state index contributed by atoms with van der Waals surface area (Å²) in [7, 11) is 0. The molecule has 1 aliphatic carbocycles. The van der Waals surface area contributed by atoms with Crippen LogP contribution in [0.1, 0.15) is 24.8 Å². The molecule has 1 aliphatic rings. The Labute approximate surface area is 133 Å². The first-order chi connectivity index (χ1) is 9.60. The second-order valence-electron chi connectivity index (χ2n) is 5.30. The second kappa shape index (κ2) is 7.48. The van der Waals surface area contributed by atoms with E-state index < -0.39 is 0 Å². The number of carbonyl (C=O) groups excluding carboxylic acids is 1. The highest BCUT2D eigenvalue weighted by atomic mass is 79.9. The SMILES string of the molecule is Cc1cc(Br)ccc1SCC(=O)NC1CCCC1CN. The van der Waals surface area contributed by atoms with Crippen molar-refractivity contribution < 1.29 is 4.79 Å². The fourth-order valence-corrected chi connectivity index (χ4v) is 3.97. The molecular weight excluding hydrogens is 336 g/mol. The van der Waals surface area contributed by atoms with E-state index in [9.17, 15) is 4.79 Å². The number of thioether (sulfide) groups is 1. The number of carbonyl (C=O) groups is 1. The number of nitrogens with two attached hydrogens (primary N) is 1. The van der Waals surface area contributed by atoms with Crippen molar-refractivity contribution >= 4 is 33.6 Å². The predicted molar refractivity (Wildman–Crippen MR) is 87.9 cm³/mol. The summed E-state index contributed by atoms with van der Waals surface area (Å²) in [4.78, 5) is 13.2. The third-order valence-electron chi connectivity index (χ3n) is 3.80. The lowest BCUT2D eigenvalue weighted by molar-refractivity contribution is -0.119. The fraction of sp³-hybridized carbons (Fsp3) is 0.533. The summed E-state index contributed by atoms with van der Waals surface area (Å²) in [6.07, 6.45) is 3.38. The summed E-state index contributed by atoms with van der Waals surface area (Å²) < 4.78 is 1.07. The molecule has 0 saturated heterocycles. The third kappa shape index (κ3) is 4.24. The van der Waals surface area contributed by atoms with Crippen LogP contribution in [-0.4, -0.2) is 24.2 Å². The predicted octanol–water partition coefficient (Wildman–Crippen LogP) is 3.09. The monoisotopic (exact) mass is 356 g/mol. The molecule has 0 aromatic heterocycles. The zero-order valence-corrected chi connectivity index (χ0v) is 14.1. The number of rotatable bonds is 5. The van der Waals surface area contributed by atoms with E-state index >= 15 is 0 Å². The topological polar surface area (TPSA) is 55.1 Å². The number of halogens is 1. The first-order valence-corrected chi connectivity index (χ1v) is 8.76. The molecular formula is C15H21BrN2OS. The van der Waals surface area contributed by atoms with Gasteiger partial charge >= 0.3 is 0 Å². The van der Waals surface area contributed by atoms with E-state index in [0.717, 1.165) is 22.2 Å². The van der Waals surface area contributed by atoms with Gasteiger partial charge in [0.1, 0.15) is 0 Å². The Morgan fingerprint density at radius 1 is 1.50 bits per heavy atom. The Kier molecular flexibility index (Phi) is 5.93. The van der Waals surface area contributed by atoms with E-state index in [0.29, 0.717) is 18.2 Å². The second-order valence-corrected chi connectivity index (χ2v) is 7.23. The zero-order chi connectivity index (χ0) is 14.5. The van der Waals surface area contributed by atoms with Gasteiger partial charge in [0.25, 0.3) is 0 Å². The first-order valence-electron chi connectivity index (χ1n) is 6.98. The minimum absolute atomic E-state index is 0.114. The molecule has 1 fully saturated rings.